The third-order valence-electron chi connectivity index (χ3n) is 2.90. The van der Waals surface area contributed by atoms with E-state index in [2.05, 4.69) is 10.5 Å². The van der Waals surface area contributed by atoms with Gasteiger partial charge in [0.25, 0.3) is 11.6 Å². The van der Waals surface area contributed by atoms with E-state index in [9.17, 15) is 19.7 Å². The Morgan fingerprint density at radius 3 is 2.39 bits per heavy atom. The third kappa shape index (κ3) is 3.97. The largest absolute Gasteiger partial charge is 0.478 e. The molecule has 0 aliphatic rings. The fraction of sp³-hybridized carbons (Fsp3) is 0. The number of aromatic carboxylic acids is 1. The van der Waals surface area contributed by atoms with Crippen LogP contribution in [0.5, 0.6) is 0 Å². The van der Waals surface area contributed by atoms with Gasteiger partial charge in [-0.25, -0.2) is 10.2 Å². The number of nitro groups is 1. The Labute approximate surface area is 130 Å². The average Bonchev–Trinajstić information content (AvgIpc) is 2.55. The molecule has 2 aromatic carbocycles. The highest BCUT2D eigenvalue weighted by Crippen LogP contribution is 2.11. The summed E-state index contributed by atoms with van der Waals surface area (Å²) in [6.07, 6.45) is 1.22. The zero-order valence-corrected chi connectivity index (χ0v) is 11.7. The van der Waals surface area contributed by atoms with Crippen LogP contribution in [-0.2, 0) is 0 Å². The molecule has 0 heterocycles. The maximum absolute atomic E-state index is 11.8. The van der Waals surface area contributed by atoms with Gasteiger partial charge in [-0.3, -0.25) is 14.9 Å². The van der Waals surface area contributed by atoms with E-state index in [0.717, 1.165) is 0 Å². The van der Waals surface area contributed by atoms with Crippen molar-refractivity contribution in [1.82, 2.24) is 5.43 Å². The summed E-state index contributed by atoms with van der Waals surface area (Å²) in [7, 11) is 0. The Bertz CT molecular complexity index is 784. The molecule has 8 heteroatoms. The SMILES string of the molecule is O=C(N/N=C\c1ccccc1C(=O)O)c1ccc([N+](=O)[O-])cc1. The van der Waals surface area contributed by atoms with Gasteiger partial charge in [0, 0.05) is 23.3 Å². The van der Waals surface area contributed by atoms with Crippen molar-refractivity contribution >= 4 is 23.8 Å². The fourth-order valence-corrected chi connectivity index (χ4v) is 1.76. The molecule has 2 aromatic rings. The molecule has 2 rings (SSSR count). The van der Waals surface area contributed by atoms with Crippen LogP contribution in [0.15, 0.2) is 53.6 Å². The fourth-order valence-electron chi connectivity index (χ4n) is 1.76. The molecule has 1 amide bonds. The quantitative estimate of drug-likeness (QED) is 0.497. The Morgan fingerprint density at radius 2 is 1.78 bits per heavy atom. The van der Waals surface area contributed by atoms with Crippen molar-refractivity contribution < 1.29 is 19.6 Å². The number of nitro benzene ring substituents is 1. The van der Waals surface area contributed by atoms with Gasteiger partial charge in [-0.2, -0.15) is 5.10 Å². The molecule has 23 heavy (non-hydrogen) atoms. The normalized spacial score (nSPS) is 10.4. The summed E-state index contributed by atoms with van der Waals surface area (Å²) in [5.41, 5.74) is 2.69. The molecule has 0 aliphatic heterocycles. The number of carboxylic acid groups (broad SMARTS) is 1. The van der Waals surface area contributed by atoms with E-state index in [1.54, 1.807) is 18.2 Å². The highest BCUT2D eigenvalue weighted by molar-refractivity contribution is 5.99. The van der Waals surface area contributed by atoms with Crippen LogP contribution in [-0.4, -0.2) is 28.1 Å². The zero-order chi connectivity index (χ0) is 16.8. The summed E-state index contributed by atoms with van der Waals surface area (Å²) in [5.74, 6) is -1.67. The number of amides is 1. The van der Waals surface area contributed by atoms with E-state index >= 15 is 0 Å². The molecule has 0 aromatic heterocycles. The van der Waals surface area contributed by atoms with Crippen LogP contribution in [0.1, 0.15) is 26.3 Å². The van der Waals surface area contributed by atoms with E-state index in [1.807, 2.05) is 0 Å². The number of carboxylic acids is 1. The molecule has 0 spiro atoms. The minimum atomic E-state index is -1.10. The molecule has 8 nitrogen and oxygen atoms in total. The van der Waals surface area contributed by atoms with Gasteiger partial charge in [0.1, 0.15) is 0 Å². The number of benzene rings is 2. The molecule has 0 bridgehead atoms. The van der Waals surface area contributed by atoms with Gasteiger partial charge in [0.2, 0.25) is 0 Å². The van der Waals surface area contributed by atoms with Crippen LogP contribution in [0.4, 0.5) is 5.69 Å². The summed E-state index contributed by atoms with van der Waals surface area (Å²) in [4.78, 5) is 32.8. The van der Waals surface area contributed by atoms with Gasteiger partial charge in [0.05, 0.1) is 16.7 Å². The zero-order valence-electron chi connectivity index (χ0n) is 11.7. The molecule has 0 atom stereocenters. The van der Waals surface area contributed by atoms with Crippen molar-refractivity contribution in [3.8, 4) is 0 Å². The van der Waals surface area contributed by atoms with Gasteiger partial charge >= 0.3 is 5.97 Å². The topological polar surface area (TPSA) is 122 Å². The first-order chi connectivity index (χ1) is 11.0. The Hall–Kier alpha value is -3.55. The van der Waals surface area contributed by atoms with Crippen LogP contribution in [0.2, 0.25) is 0 Å². The second-order valence-corrected chi connectivity index (χ2v) is 4.40. The lowest BCUT2D eigenvalue weighted by molar-refractivity contribution is -0.384. The first-order valence-electron chi connectivity index (χ1n) is 6.39. The number of hydrazone groups is 1. The number of nitrogens with zero attached hydrogens (tertiary/aromatic N) is 2. The summed E-state index contributed by atoms with van der Waals surface area (Å²) >= 11 is 0. The molecular weight excluding hydrogens is 302 g/mol. The molecule has 0 aliphatic carbocycles. The molecule has 0 saturated carbocycles. The van der Waals surface area contributed by atoms with Crippen molar-refractivity contribution in [2.45, 2.75) is 0 Å². The van der Waals surface area contributed by atoms with E-state index in [-0.39, 0.29) is 16.8 Å². The van der Waals surface area contributed by atoms with E-state index in [0.29, 0.717) is 5.56 Å². The predicted octanol–water partition coefficient (Wildman–Crippen LogP) is 2.06. The number of hydrogen-bond acceptors (Lipinski definition) is 5. The van der Waals surface area contributed by atoms with E-state index in [4.69, 9.17) is 5.11 Å². The summed E-state index contributed by atoms with van der Waals surface area (Å²) < 4.78 is 0. The van der Waals surface area contributed by atoms with E-state index in [1.165, 1.54) is 36.5 Å². The molecule has 116 valence electrons. The van der Waals surface area contributed by atoms with Crippen LogP contribution in [0.3, 0.4) is 0 Å². The van der Waals surface area contributed by atoms with Crippen molar-refractivity contribution in [3.05, 3.63) is 75.3 Å². The highest BCUT2D eigenvalue weighted by Gasteiger charge is 2.09. The number of carbonyl (C=O) groups excluding carboxylic acids is 1. The number of nitrogens with one attached hydrogen (secondary N) is 1. The number of hydrogen-bond donors (Lipinski definition) is 2. The molecule has 0 radical (unpaired) electrons. The van der Waals surface area contributed by atoms with Gasteiger partial charge in [-0.05, 0) is 18.2 Å². The van der Waals surface area contributed by atoms with Crippen LogP contribution in [0, 0.1) is 10.1 Å². The standard InChI is InChI=1S/C15H11N3O5/c19-14(10-5-7-12(8-6-10)18(22)23)17-16-9-11-3-1-2-4-13(11)15(20)21/h1-9H,(H,17,19)(H,20,21)/b16-9-. The average molecular weight is 313 g/mol. The van der Waals surface area contributed by atoms with Crippen molar-refractivity contribution in [2.24, 2.45) is 5.10 Å². The predicted molar refractivity (Wildman–Crippen MR) is 81.6 cm³/mol. The maximum Gasteiger partial charge on any atom is 0.336 e. The maximum atomic E-state index is 11.8. The van der Waals surface area contributed by atoms with E-state index < -0.39 is 16.8 Å². The van der Waals surface area contributed by atoms with Gasteiger partial charge in [-0.1, -0.05) is 18.2 Å². The Morgan fingerprint density at radius 1 is 1.13 bits per heavy atom. The first-order valence-corrected chi connectivity index (χ1v) is 6.39. The lowest BCUT2D eigenvalue weighted by Crippen LogP contribution is -2.17. The Balaban J connectivity index is 2.07. The van der Waals surface area contributed by atoms with Crippen LogP contribution >= 0.6 is 0 Å². The second kappa shape index (κ2) is 6.94. The summed E-state index contributed by atoms with van der Waals surface area (Å²) in [6, 6.07) is 11.2. The highest BCUT2D eigenvalue weighted by atomic mass is 16.6. The summed E-state index contributed by atoms with van der Waals surface area (Å²) in [6.45, 7) is 0. The van der Waals surface area contributed by atoms with Crippen molar-refractivity contribution in [3.63, 3.8) is 0 Å². The lowest BCUT2D eigenvalue weighted by Gasteiger charge is -2.01. The number of non-ortho nitro benzene ring substituents is 1. The minimum absolute atomic E-state index is 0.0563. The number of carbonyl (C=O) groups is 2. The lowest BCUT2D eigenvalue weighted by atomic mass is 10.1. The first kappa shape index (κ1) is 15.8. The van der Waals surface area contributed by atoms with Crippen LogP contribution < -0.4 is 5.43 Å². The third-order valence-corrected chi connectivity index (χ3v) is 2.90. The minimum Gasteiger partial charge on any atom is -0.478 e. The molecule has 0 unspecified atom stereocenters. The Kier molecular flexibility index (Phi) is 4.78. The van der Waals surface area contributed by atoms with Gasteiger partial charge in [0.15, 0.2) is 0 Å². The molecule has 0 fully saturated rings. The molecule has 0 saturated heterocycles. The van der Waals surface area contributed by atoms with Gasteiger partial charge < -0.3 is 5.11 Å². The monoisotopic (exact) mass is 313 g/mol. The molecule has 2 N–H and O–H groups in total. The van der Waals surface area contributed by atoms with Gasteiger partial charge in [-0.15, -0.1) is 0 Å². The summed E-state index contributed by atoms with van der Waals surface area (Å²) in [5, 5.41) is 23.2. The van der Waals surface area contributed by atoms with Crippen LogP contribution in [0.25, 0.3) is 0 Å². The van der Waals surface area contributed by atoms with Crippen molar-refractivity contribution in [2.75, 3.05) is 0 Å². The number of rotatable bonds is 5. The smallest absolute Gasteiger partial charge is 0.336 e. The second-order valence-electron chi connectivity index (χ2n) is 4.40. The van der Waals surface area contributed by atoms with Crippen molar-refractivity contribution in [1.29, 1.82) is 0 Å². The molecular formula is C15H11N3O5.